The second-order valence-corrected chi connectivity index (χ2v) is 4.97. The van der Waals surface area contributed by atoms with E-state index in [4.69, 9.17) is 9.84 Å². The Morgan fingerprint density at radius 3 is 2.94 bits per heavy atom. The van der Waals surface area contributed by atoms with Crippen LogP contribution in [0.2, 0.25) is 0 Å². The number of ether oxygens (including phenoxy) is 1. The number of aliphatic carboxylic acids is 1. The molecule has 0 radical (unpaired) electrons. The highest BCUT2D eigenvalue weighted by atomic mass is 16.5. The largest absolute Gasteiger partial charge is 0.481 e. The molecular weight excluding hydrogens is 206 g/mol. The zero-order valence-corrected chi connectivity index (χ0v) is 9.73. The van der Waals surface area contributed by atoms with Crippen molar-refractivity contribution in [2.75, 3.05) is 26.3 Å². The molecule has 2 aliphatic rings. The first-order chi connectivity index (χ1) is 7.75. The number of hydrogen-bond donors (Lipinski definition) is 1. The highest BCUT2D eigenvalue weighted by molar-refractivity contribution is 5.67. The minimum absolute atomic E-state index is 0.323. The van der Waals surface area contributed by atoms with Crippen molar-refractivity contribution in [2.45, 2.75) is 38.1 Å². The van der Waals surface area contributed by atoms with Crippen LogP contribution in [0.25, 0.3) is 0 Å². The lowest BCUT2D eigenvalue weighted by Crippen LogP contribution is -2.46. The quantitative estimate of drug-likeness (QED) is 0.790. The predicted molar refractivity (Wildman–Crippen MR) is 60.4 cm³/mol. The van der Waals surface area contributed by atoms with Crippen molar-refractivity contribution in [3.05, 3.63) is 0 Å². The Hall–Kier alpha value is -0.610. The summed E-state index contributed by atoms with van der Waals surface area (Å²) in [6.07, 6.45) is 4.87. The molecule has 0 bridgehead atoms. The highest BCUT2D eigenvalue weighted by Crippen LogP contribution is 2.24. The summed E-state index contributed by atoms with van der Waals surface area (Å²) in [5.41, 5.74) is 0. The van der Waals surface area contributed by atoms with E-state index in [2.05, 4.69) is 4.90 Å². The third-order valence-electron chi connectivity index (χ3n) is 3.67. The van der Waals surface area contributed by atoms with Crippen LogP contribution < -0.4 is 0 Å². The van der Waals surface area contributed by atoms with Gasteiger partial charge in [-0.3, -0.25) is 9.69 Å². The van der Waals surface area contributed by atoms with Gasteiger partial charge in [0.2, 0.25) is 0 Å². The van der Waals surface area contributed by atoms with Crippen LogP contribution in [0.5, 0.6) is 0 Å². The van der Waals surface area contributed by atoms with Gasteiger partial charge < -0.3 is 9.84 Å². The van der Waals surface area contributed by atoms with Crippen molar-refractivity contribution in [1.29, 1.82) is 0 Å². The molecule has 2 saturated heterocycles. The summed E-state index contributed by atoms with van der Waals surface area (Å²) >= 11 is 0. The first kappa shape index (κ1) is 11.9. The van der Waals surface area contributed by atoms with Crippen LogP contribution >= 0.6 is 0 Å². The van der Waals surface area contributed by atoms with E-state index < -0.39 is 5.97 Å². The Labute approximate surface area is 96.6 Å². The van der Waals surface area contributed by atoms with Crippen molar-refractivity contribution in [1.82, 2.24) is 4.90 Å². The number of carboxylic acid groups (broad SMARTS) is 1. The molecule has 0 aliphatic carbocycles. The van der Waals surface area contributed by atoms with Gasteiger partial charge in [-0.2, -0.15) is 0 Å². The molecule has 2 atom stereocenters. The number of carbonyl (C=O) groups is 1. The third-order valence-corrected chi connectivity index (χ3v) is 3.67. The first-order valence-corrected chi connectivity index (χ1v) is 6.29. The zero-order chi connectivity index (χ0) is 11.4. The summed E-state index contributed by atoms with van der Waals surface area (Å²) < 4.78 is 5.49. The zero-order valence-electron chi connectivity index (χ0n) is 9.73. The number of hydrogen-bond acceptors (Lipinski definition) is 3. The monoisotopic (exact) mass is 227 g/mol. The second kappa shape index (κ2) is 5.64. The Kier molecular flexibility index (Phi) is 4.18. The van der Waals surface area contributed by atoms with Gasteiger partial charge in [0.25, 0.3) is 0 Å². The third kappa shape index (κ3) is 3.19. The molecule has 4 heteroatoms. The van der Waals surface area contributed by atoms with Crippen molar-refractivity contribution in [3.63, 3.8) is 0 Å². The molecule has 0 aromatic rings. The number of nitrogens with zero attached hydrogens (tertiary/aromatic N) is 1. The van der Waals surface area contributed by atoms with Crippen LogP contribution in [-0.2, 0) is 9.53 Å². The van der Waals surface area contributed by atoms with Crippen LogP contribution in [0, 0.1) is 5.92 Å². The maximum Gasteiger partial charge on any atom is 0.303 e. The van der Waals surface area contributed by atoms with Gasteiger partial charge in [-0.25, -0.2) is 0 Å². The highest BCUT2D eigenvalue weighted by Gasteiger charge is 2.28. The van der Waals surface area contributed by atoms with Gasteiger partial charge in [0.05, 0.1) is 6.61 Å². The van der Waals surface area contributed by atoms with Gasteiger partial charge in [0.15, 0.2) is 0 Å². The summed E-state index contributed by atoms with van der Waals surface area (Å²) in [7, 11) is 0. The predicted octanol–water partition coefficient (Wildman–Crippen LogP) is 1.35. The molecule has 0 saturated carbocycles. The summed E-state index contributed by atoms with van der Waals surface area (Å²) in [6, 6.07) is 0.533. The van der Waals surface area contributed by atoms with Crippen LogP contribution in [-0.4, -0.2) is 48.3 Å². The van der Waals surface area contributed by atoms with Crippen molar-refractivity contribution in [3.8, 4) is 0 Å². The Morgan fingerprint density at radius 1 is 1.38 bits per heavy atom. The molecular formula is C12H21NO3. The summed E-state index contributed by atoms with van der Waals surface area (Å²) in [5, 5.41) is 8.82. The van der Waals surface area contributed by atoms with E-state index in [-0.39, 0.29) is 0 Å². The van der Waals surface area contributed by atoms with E-state index in [9.17, 15) is 4.79 Å². The lowest BCUT2D eigenvalue weighted by molar-refractivity contribution is -0.138. The van der Waals surface area contributed by atoms with Crippen LogP contribution in [0.3, 0.4) is 0 Å². The van der Waals surface area contributed by atoms with Gasteiger partial charge in [0.1, 0.15) is 0 Å². The second-order valence-electron chi connectivity index (χ2n) is 4.97. The Balaban J connectivity index is 1.83. The lowest BCUT2D eigenvalue weighted by atomic mass is 9.93. The topological polar surface area (TPSA) is 49.8 Å². The molecule has 0 spiro atoms. The number of likely N-dealkylation sites (tertiary alicyclic amines) is 1. The molecule has 92 valence electrons. The van der Waals surface area contributed by atoms with Gasteiger partial charge in [-0.05, 0) is 38.1 Å². The lowest BCUT2D eigenvalue weighted by Gasteiger charge is -2.39. The van der Waals surface area contributed by atoms with Crippen LogP contribution in [0.1, 0.15) is 32.1 Å². The summed E-state index contributed by atoms with van der Waals surface area (Å²) in [5.74, 6) is -0.320. The Bertz CT molecular complexity index is 238. The van der Waals surface area contributed by atoms with Crippen LogP contribution in [0.4, 0.5) is 0 Å². The average molecular weight is 227 g/mol. The average Bonchev–Trinajstić information content (AvgIpc) is 2.30. The van der Waals surface area contributed by atoms with E-state index in [0.717, 1.165) is 45.6 Å². The molecule has 0 amide bonds. The summed E-state index contributed by atoms with van der Waals surface area (Å²) in [6.45, 7) is 3.78. The fourth-order valence-electron chi connectivity index (χ4n) is 2.85. The molecule has 0 aromatic carbocycles. The van der Waals surface area contributed by atoms with Crippen molar-refractivity contribution in [2.24, 2.45) is 5.92 Å². The maximum absolute atomic E-state index is 10.7. The SMILES string of the molecule is O=C(O)CC1CCCN(C2CCCOC2)C1. The van der Waals surface area contributed by atoms with Crippen molar-refractivity contribution >= 4 is 5.97 Å². The van der Waals surface area contributed by atoms with Crippen molar-refractivity contribution < 1.29 is 14.6 Å². The summed E-state index contributed by atoms with van der Waals surface area (Å²) in [4.78, 5) is 13.1. The minimum atomic E-state index is -0.660. The van der Waals surface area contributed by atoms with Gasteiger partial charge >= 0.3 is 5.97 Å². The van der Waals surface area contributed by atoms with E-state index >= 15 is 0 Å². The number of rotatable bonds is 3. The number of carboxylic acids is 1. The van der Waals surface area contributed by atoms with E-state index in [1.807, 2.05) is 0 Å². The minimum Gasteiger partial charge on any atom is -0.481 e. The molecule has 4 nitrogen and oxygen atoms in total. The molecule has 1 N–H and O–H groups in total. The van der Waals surface area contributed by atoms with Gasteiger partial charge in [-0.15, -0.1) is 0 Å². The smallest absolute Gasteiger partial charge is 0.303 e. The molecule has 2 heterocycles. The van der Waals surface area contributed by atoms with Gasteiger partial charge in [0, 0.05) is 25.6 Å². The molecule has 2 fully saturated rings. The van der Waals surface area contributed by atoms with Crippen LogP contribution in [0.15, 0.2) is 0 Å². The Morgan fingerprint density at radius 2 is 2.25 bits per heavy atom. The number of piperidine rings is 1. The standard InChI is InChI=1S/C12H21NO3/c14-12(15)7-10-3-1-5-13(8-10)11-4-2-6-16-9-11/h10-11H,1-9H2,(H,14,15). The fourth-order valence-corrected chi connectivity index (χ4v) is 2.85. The molecule has 16 heavy (non-hydrogen) atoms. The molecule has 2 rings (SSSR count). The fraction of sp³-hybridized carbons (Fsp3) is 0.917. The molecule has 2 aliphatic heterocycles. The van der Waals surface area contributed by atoms with Gasteiger partial charge in [-0.1, -0.05) is 0 Å². The normalized spacial score (nSPS) is 32.5. The maximum atomic E-state index is 10.7. The van der Waals surface area contributed by atoms with E-state index in [1.165, 1.54) is 6.42 Å². The van der Waals surface area contributed by atoms with E-state index in [0.29, 0.717) is 18.4 Å². The molecule has 0 aromatic heterocycles. The van der Waals surface area contributed by atoms with E-state index in [1.54, 1.807) is 0 Å². The molecule has 2 unspecified atom stereocenters. The first-order valence-electron chi connectivity index (χ1n) is 6.29.